The molecule has 2 aromatic rings. The van der Waals surface area contributed by atoms with Crippen molar-refractivity contribution in [1.82, 2.24) is 4.90 Å². The number of esters is 1. The van der Waals surface area contributed by atoms with Crippen molar-refractivity contribution in [1.29, 1.82) is 0 Å². The summed E-state index contributed by atoms with van der Waals surface area (Å²) in [5.41, 5.74) is 0.991. The molecule has 3 rings (SSSR count). The highest BCUT2D eigenvalue weighted by molar-refractivity contribution is 6.22. The van der Waals surface area contributed by atoms with Crippen molar-refractivity contribution in [3.8, 4) is 0 Å². The number of carbonyl (C=O) groups excluding carboxylic acids is 4. The van der Waals surface area contributed by atoms with Gasteiger partial charge < -0.3 is 4.74 Å². The molecule has 0 aromatic heterocycles. The SMILES string of the molecule is CCCC[C@@H](C(=O)OCC(=O)c1ccccc1)N1C(=O)c2ccccc2C1=O. The average molecular weight is 379 g/mol. The van der Waals surface area contributed by atoms with Gasteiger partial charge in [-0.05, 0) is 18.6 Å². The number of rotatable bonds is 8. The number of carbonyl (C=O) groups is 4. The van der Waals surface area contributed by atoms with E-state index in [1.165, 1.54) is 0 Å². The minimum absolute atomic E-state index is 0.280. The summed E-state index contributed by atoms with van der Waals surface area (Å²) in [5, 5.41) is 0. The predicted octanol–water partition coefficient (Wildman–Crippen LogP) is 3.27. The monoisotopic (exact) mass is 379 g/mol. The summed E-state index contributed by atoms with van der Waals surface area (Å²) >= 11 is 0. The predicted molar refractivity (Wildman–Crippen MR) is 102 cm³/mol. The molecule has 6 heteroatoms. The van der Waals surface area contributed by atoms with E-state index >= 15 is 0 Å². The molecule has 0 unspecified atom stereocenters. The molecule has 0 spiro atoms. The fourth-order valence-electron chi connectivity index (χ4n) is 3.18. The number of nitrogens with zero attached hydrogens (tertiary/aromatic N) is 1. The zero-order valence-electron chi connectivity index (χ0n) is 15.6. The maximum Gasteiger partial charge on any atom is 0.329 e. The lowest BCUT2D eigenvalue weighted by Gasteiger charge is -2.24. The first-order valence-corrected chi connectivity index (χ1v) is 9.26. The quantitative estimate of drug-likeness (QED) is 0.399. The lowest BCUT2D eigenvalue weighted by molar-refractivity contribution is -0.147. The van der Waals surface area contributed by atoms with Gasteiger partial charge in [-0.1, -0.05) is 62.2 Å². The van der Waals surface area contributed by atoms with Crippen LogP contribution < -0.4 is 0 Å². The van der Waals surface area contributed by atoms with Crippen LogP contribution in [0.5, 0.6) is 0 Å². The Hall–Kier alpha value is -3.28. The first kappa shape index (κ1) is 19.5. The van der Waals surface area contributed by atoms with Crippen LogP contribution >= 0.6 is 0 Å². The topological polar surface area (TPSA) is 80.8 Å². The summed E-state index contributed by atoms with van der Waals surface area (Å²) < 4.78 is 5.19. The summed E-state index contributed by atoms with van der Waals surface area (Å²) in [7, 11) is 0. The van der Waals surface area contributed by atoms with E-state index in [1.54, 1.807) is 54.6 Å². The van der Waals surface area contributed by atoms with E-state index in [0.717, 1.165) is 11.3 Å². The van der Waals surface area contributed by atoms with Crippen LogP contribution in [0, 0.1) is 0 Å². The molecule has 1 atom stereocenters. The number of ketones is 1. The maximum absolute atomic E-state index is 12.7. The molecule has 1 heterocycles. The van der Waals surface area contributed by atoms with Gasteiger partial charge in [0.2, 0.25) is 0 Å². The number of Topliss-reactive ketones (excluding diaryl/α,β-unsaturated/α-hetero) is 1. The number of hydrogen-bond donors (Lipinski definition) is 0. The van der Waals surface area contributed by atoms with Gasteiger partial charge in [-0.3, -0.25) is 19.3 Å². The van der Waals surface area contributed by atoms with E-state index in [1.807, 2.05) is 6.92 Å². The van der Waals surface area contributed by atoms with Crippen molar-refractivity contribution < 1.29 is 23.9 Å². The van der Waals surface area contributed by atoms with Crippen molar-refractivity contribution in [3.63, 3.8) is 0 Å². The molecule has 0 radical (unpaired) electrons. The lowest BCUT2D eigenvalue weighted by atomic mass is 10.1. The summed E-state index contributed by atoms with van der Waals surface area (Å²) in [6, 6.07) is 13.9. The van der Waals surface area contributed by atoms with Gasteiger partial charge in [0.25, 0.3) is 11.8 Å². The number of imide groups is 1. The fourth-order valence-corrected chi connectivity index (χ4v) is 3.18. The number of unbranched alkanes of at least 4 members (excludes halogenated alkanes) is 1. The largest absolute Gasteiger partial charge is 0.456 e. The van der Waals surface area contributed by atoms with Crippen LogP contribution in [0.2, 0.25) is 0 Å². The van der Waals surface area contributed by atoms with E-state index in [9.17, 15) is 19.2 Å². The first-order chi connectivity index (χ1) is 13.5. The third-order valence-corrected chi connectivity index (χ3v) is 4.68. The molecule has 1 aliphatic rings. The molecular formula is C22H21NO5. The molecule has 28 heavy (non-hydrogen) atoms. The summed E-state index contributed by atoms with van der Waals surface area (Å²) in [4.78, 5) is 51.3. The van der Waals surface area contributed by atoms with Crippen LogP contribution in [0.25, 0.3) is 0 Å². The van der Waals surface area contributed by atoms with Gasteiger partial charge in [-0.2, -0.15) is 0 Å². The maximum atomic E-state index is 12.7. The number of fused-ring (bicyclic) bond motifs is 1. The van der Waals surface area contributed by atoms with Crippen molar-refractivity contribution >= 4 is 23.6 Å². The second-order valence-electron chi connectivity index (χ2n) is 6.58. The molecule has 6 nitrogen and oxygen atoms in total. The highest BCUT2D eigenvalue weighted by Crippen LogP contribution is 2.26. The Labute approximate surface area is 163 Å². The van der Waals surface area contributed by atoms with Crippen LogP contribution in [0.1, 0.15) is 57.3 Å². The van der Waals surface area contributed by atoms with Gasteiger partial charge in [0.1, 0.15) is 6.04 Å². The Kier molecular flexibility index (Phi) is 5.99. The molecule has 1 aliphatic heterocycles. The number of ether oxygens (including phenoxy) is 1. The lowest BCUT2D eigenvalue weighted by Crippen LogP contribution is -2.46. The Bertz CT molecular complexity index is 871. The number of hydrogen-bond acceptors (Lipinski definition) is 5. The summed E-state index contributed by atoms with van der Waals surface area (Å²) in [5.74, 6) is -2.10. The number of amides is 2. The Morgan fingerprint density at radius 3 is 2.07 bits per heavy atom. The molecule has 0 bridgehead atoms. The van der Waals surface area contributed by atoms with Gasteiger partial charge in [0.05, 0.1) is 11.1 Å². The van der Waals surface area contributed by atoms with Crippen molar-refractivity contribution in [2.24, 2.45) is 0 Å². The first-order valence-electron chi connectivity index (χ1n) is 9.26. The average Bonchev–Trinajstić information content (AvgIpc) is 2.98. The van der Waals surface area contributed by atoms with E-state index in [-0.39, 0.29) is 16.9 Å². The van der Waals surface area contributed by atoms with Gasteiger partial charge >= 0.3 is 5.97 Å². The fraction of sp³-hybridized carbons (Fsp3) is 0.273. The molecule has 2 amide bonds. The Morgan fingerprint density at radius 1 is 0.929 bits per heavy atom. The minimum Gasteiger partial charge on any atom is -0.456 e. The third-order valence-electron chi connectivity index (χ3n) is 4.68. The van der Waals surface area contributed by atoms with E-state index in [4.69, 9.17) is 4.74 Å². The van der Waals surface area contributed by atoms with E-state index in [0.29, 0.717) is 18.4 Å². The van der Waals surface area contributed by atoms with Gasteiger partial charge in [-0.25, -0.2) is 4.79 Å². The van der Waals surface area contributed by atoms with Gasteiger partial charge in [0.15, 0.2) is 12.4 Å². The number of benzene rings is 2. The van der Waals surface area contributed by atoms with Gasteiger partial charge in [-0.15, -0.1) is 0 Å². The van der Waals surface area contributed by atoms with Gasteiger partial charge in [0, 0.05) is 5.56 Å². The minimum atomic E-state index is -1.05. The van der Waals surface area contributed by atoms with Crippen molar-refractivity contribution in [3.05, 3.63) is 71.3 Å². The second kappa shape index (κ2) is 8.61. The van der Waals surface area contributed by atoms with Crippen LogP contribution in [-0.2, 0) is 9.53 Å². The van der Waals surface area contributed by atoms with Crippen LogP contribution in [0.15, 0.2) is 54.6 Å². The van der Waals surface area contributed by atoms with Crippen LogP contribution in [-0.4, -0.2) is 41.1 Å². The zero-order chi connectivity index (χ0) is 20.1. The van der Waals surface area contributed by atoms with E-state index < -0.39 is 30.4 Å². The summed E-state index contributed by atoms with van der Waals surface area (Å²) in [6.07, 6.45) is 1.72. The van der Waals surface area contributed by atoms with Crippen LogP contribution in [0.3, 0.4) is 0 Å². The zero-order valence-corrected chi connectivity index (χ0v) is 15.6. The molecule has 144 valence electrons. The molecular weight excluding hydrogens is 358 g/mol. The molecule has 0 fully saturated rings. The normalized spacial score (nSPS) is 14.0. The molecule has 0 saturated heterocycles. The third kappa shape index (κ3) is 3.86. The molecule has 0 N–H and O–H groups in total. The van der Waals surface area contributed by atoms with E-state index in [2.05, 4.69) is 0 Å². The smallest absolute Gasteiger partial charge is 0.329 e. The highest BCUT2D eigenvalue weighted by atomic mass is 16.5. The van der Waals surface area contributed by atoms with Crippen molar-refractivity contribution in [2.75, 3.05) is 6.61 Å². The Balaban J connectivity index is 1.75. The molecule has 0 saturated carbocycles. The van der Waals surface area contributed by atoms with Crippen LogP contribution in [0.4, 0.5) is 0 Å². The Morgan fingerprint density at radius 2 is 1.50 bits per heavy atom. The molecule has 2 aromatic carbocycles. The standard InChI is InChI=1S/C22H21NO5/c1-2-3-13-18(22(27)28-14-19(24)15-9-5-4-6-10-15)23-20(25)16-11-7-8-12-17(16)21(23)26/h4-12,18H,2-3,13-14H2,1H3/t18-/m0/s1. The van der Waals surface area contributed by atoms with Crippen molar-refractivity contribution in [2.45, 2.75) is 32.2 Å². The highest BCUT2D eigenvalue weighted by Gasteiger charge is 2.43. The molecule has 0 aliphatic carbocycles. The second-order valence-corrected chi connectivity index (χ2v) is 6.58. The summed E-state index contributed by atoms with van der Waals surface area (Å²) in [6.45, 7) is 1.51.